The van der Waals surface area contributed by atoms with Gasteiger partial charge in [0.05, 0.1) is 0 Å². The van der Waals surface area contributed by atoms with Gasteiger partial charge in [0.2, 0.25) is 0 Å². The van der Waals surface area contributed by atoms with Gasteiger partial charge >= 0.3 is 0 Å². The van der Waals surface area contributed by atoms with E-state index in [0.29, 0.717) is 0 Å². The molecule has 1 atom stereocenters. The molecule has 3 aliphatic rings. The van der Waals surface area contributed by atoms with Crippen LogP contribution in [0.25, 0.3) is 6.08 Å². The Hall–Kier alpha value is -1.47. The van der Waals surface area contributed by atoms with E-state index >= 15 is 0 Å². The average molecular weight is 264 g/mol. The zero-order valence-corrected chi connectivity index (χ0v) is 12.7. The van der Waals surface area contributed by atoms with Crippen LogP contribution in [0.3, 0.4) is 0 Å². The standard InChI is InChI=1S/C9H12Si.C9H8/c10-9-6-5-7-3-1-2-4-8(7)9;1-2-5-9-7-3-6-8(9)4-1/h1-2,4,7H,3,5-6,10H2;1-6H,7H2. The fourth-order valence-corrected chi connectivity index (χ4v) is 3.66. The fraction of sp³-hybridized carbons (Fsp3) is 0.278. The third-order valence-corrected chi connectivity index (χ3v) is 4.93. The molecule has 0 nitrogen and oxygen atoms in total. The van der Waals surface area contributed by atoms with Crippen molar-refractivity contribution < 1.29 is 0 Å². The molecule has 4 rings (SSSR count). The van der Waals surface area contributed by atoms with Crippen molar-refractivity contribution in [3.8, 4) is 0 Å². The lowest BCUT2D eigenvalue weighted by Crippen LogP contribution is -2.02. The van der Waals surface area contributed by atoms with Crippen LogP contribution in [-0.4, -0.2) is 15.0 Å². The largest absolute Gasteiger partial charge is 0.0839 e. The first kappa shape index (κ1) is 12.6. The summed E-state index contributed by atoms with van der Waals surface area (Å²) in [6.45, 7) is 0. The first-order chi connectivity index (χ1) is 9.34. The molecule has 0 saturated heterocycles. The normalized spacial score (nSPS) is 22.4. The molecule has 0 spiro atoms. The van der Waals surface area contributed by atoms with Crippen molar-refractivity contribution in [1.82, 2.24) is 0 Å². The molecule has 0 bridgehead atoms. The predicted octanol–water partition coefficient (Wildman–Crippen LogP) is 3.34. The number of allylic oxidation sites excluding steroid dienone is 5. The van der Waals surface area contributed by atoms with Crippen molar-refractivity contribution in [1.29, 1.82) is 0 Å². The summed E-state index contributed by atoms with van der Waals surface area (Å²) in [5.41, 5.74) is 4.48. The highest BCUT2D eigenvalue weighted by Crippen LogP contribution is 2.32. The summed E-state index contributed by atoms with van der Waals surface area (Å²) in [7, 11) is 2.07. The summed E-state index contributed by atoms with van der Waals surface area (Å²) in [5.74, 6) is 0.887. The maximum Gasteiger partial charge on any atom is -0.00882 e. The van der Waals surface area contributed by atoms with Gasteiger partial charge in [0.1, 0.15) is 0 Å². The monoisotopic (exact) mass is 264 g/mol. The Morgan fingerprint density at radius 1 is 1.11 bits per heavy atom. The second-order valence-corrected chi connectivity index (χ2v) is 6.28. The molecule has 1 saturated carbocycles. The Kier molecular flexibility index (Phi) is 3.74. The fourth-order valence-electron chi connectivity index (χ4n) is 3.05. The summed E-state index contributed by atoms with van der Waals surface area (Å²) in [6.07, 6.45) is 16.3. The van der Waals surface area contributed by atoms with Crippen LogP contribution in [0.15, 0.2) is 54.1 Å². The Labute approximate surface area is 118 Å². The average Bonchev–Trinajstić information content (AvgIpc) is 3.07. The number of hydrogen-bond acceptors (Lipinski definition) is 0. The summed E-state index contributed by atoms with van der Waals surface area (Å²) >= 11 is 0. The van der Waals surface area contributed by atoms with Crippen molar-refractivity contribution >= 4 is 21.1 Å². The molecule has 0 heterocycles. The first-order valence-corrected chi connectivity index (χ1v) is 7.84. The van der Waals surface area contributed by atoms with Crippen LogP contribution in [0.1, 0.15) is 30.4 Å². The van der Waals surface area contributed by atoms with Crippen molar-refractivity contribution in [2.75, 3.05) is 0 Å². The zero-order chi connectivity index (χ0) is 13.1. The Balaban J connectivity index is 0.000000117. The lowest BCUT2D eigenvalue weighted by Gasteiger charge is -2.11. The third kappa shape index (κ3) is 2.76. The molecule has 1 heteroatoms. The van der Waals surface area contributed by atoms with E-state index in [2.05, 4.69) is 64.5 Å². The molecule has 0 radical (unpaired) electrons. The van der Waals surface area contributed by atoms with E-state index in [9.17, 15) is 0 Å². The van der Waals surface area contributed by atoms with E-state index in [1.807, 2.05) is 0 Å². The number of hydrogen-bond donors (Lipinski definition) is 0. The second kappa shape index (κ2) is 5.66. The molecule has 0 aliphatic heterocycles. The summed E-state index contributed by atoms with van der Waals surface area (Å²) in [5, 5.41) is 1.65. The highest BCUT2D eigenvalue weighted by atomic mass is 28.1. The zero-order valence-electron chi connectivity index (χ0n) is 11.3. The Bertz CT molecular complexity index is 575. The molecule has 3 aliphatic carbocycles. The smallest absolute Gasteiger partial charge is 0.00882 e. The highest BCUT2D eigenvalue weighted by Gasteiger charge is 2.23. The first-order valence-electron chi connectivity index (χ1n) is 7.14. The van der Waals surface area contributed by atoms with Crippen molar-refractivity contribution in [2.45, 2.75) is 25.7 Å². The van der Waals surface area contributed by atoms with Crippen LogP contribution in [0.4, 0.5) is 0 Å². The van der Waals surface area contributed by atoms with Crippen LogP contribution in [-0.2, 0) is 6.42 Å². The third-order valence-electron chi connectivity index (χ3n) is 4.17. The highest BCUT2D eigenvalue weighted by molar-refractivity contribution is 6.44. The van der Waals surface area contributed by atoms with Crippen molar-refractivity contribution in [2.24, 2.45) is 5.92 Å². The summed E-state index contributed by atoms with van der Waals surface area (Å²) < 4.78 is 0. The maximum absolute atomic E-state index is 2.30. The number of benzene rings is 1. The second-order valence-electron chi connectivity index (χ2n) is 5.43. The Morgan fingerprint density at radius 2 is 2.00 bits per heavy atom. The van der Waals surface area contributed by atoms with E-state index in [1.54, 1.807) is 10.7 Å². The van der Waals surface area contributed by atoms with Gasteiger partial charge in [0.25, 0.3) is 0 Å². The molecule has 1 aromatic rings. The van der Waals surface area contributed by atoms with Gasteiger partial charge in [-0.15, -0.1) is 0 Å². The molecule has 1 unspecified atom stereocenters. The van der Waals surface area contributed by atoms with Gasteiger partial charge < -0.3 is 0 Å². The topological polar surface area (TPSA) is 0 Å². The van der Waals surface area contributed by atoms with Crippen molar-refractivity contribution in [3.05, 3.63) is 65.3 Å². The van der Waals surface area contributed by atoms with Crippen LogP contribution < -0.4 is 0 Å². The van der Waals surface area contributed by atoms with Crippen LogP contribution in [0.2, 0.25) is 0 Å². The van der Waals surface area contributed by atoms with Crippen LogP contribution >= 0.6 is 0 Å². The van der Waals surface area contributed by atoms with Crippen LogP contribution in [0, 0.1) is 5.92 Å². The summed E-state index contributed by atoms with van der Waals surface area (Å²) in [6, 6.07) is 8.49. The molecular formula is C18H20Si. The molecule has 1 aromatic carbocycles. The van der Waals surface area contributed by atoms with E-state index in [-0.39, 0.29) is 0 Å². The molecule has 96 valence electrons. The minimum absolute atomic E-state index is 0.887. The molecule has 1 fully saturated rings. The van der Waals surface area contributed by atoms with Gasteiger partial charge in [-0.25, -0.2) is 0 Å². The summed E-state index contributed by atoms with van der Waals surface area (Å²) in [4.78, 5) is 0. The molecule has 0 aromatic heterocycles. The van der Waals surface area contributed by atoms with Gasteiger partial charge in [-0.2, -0.15) is 0 Å². The maximum atomic E-state index is 2.30. The SMILES string of the molecule is C1=Cc2ccccc2C1.[SiH2]=C1CCC2CC=CC=C12. The Morgan fingerprint density at radius 3 is 2.84 bits per heavy atom. The van der Waals surface area contributed by atoms with E-state index in [0.717, 1.165) is 12.3 Å². The van der Waals surface area contributed by atoms with Gasteiger partial charge in [0, 0.05) is 0 Å². The lowest BCUT2D eigenvalue weighted by atomic mass is 9.95. The molecular weight excluding hydrogens is 244 g/mol. The van der Waals surface area contributed by atoms with E-state index in [4.69, 9.17) is 0 Å². The van der Waals surface area contributed by atoms with Gasteiger partial charge in [0.15, 0.2) is 0 Å². The minimum Gasteiger partial charge on any atom is -0.0839 e. The number of fused-ring (bicyclic) bond motifs is 2. The molecule has 19 heavy (non-hydrogen) atoms. The molecule has 0 N–H and O–H groups in total. The van der Waals surface area contributed by atoms with Crippen molar-refractivity contribution in [3.63, 3.8) is 0 Å². The van der Waals surface area contributed by atoms with Crippen LogP contribution in [0.5, 0.6) is 0 Å². The van der Waals surface area contributed by atoms with E-state index < -0.39 is 0 Å². The van der Waals surface area contributed by atoms with Gasteiger partial charge in [-0.1, -0.05) is 59.8 Å². The lowest BCUT2D eigenvalue weighted by molar-refractivity contribution is 0.633. The van der Waals surface area contributed by atoms with Gasteiger partial charge in [-0.3, -0.25) is 0 Å². The number of rotatable bonds is 0. The minimum atomic E-state index is 0.887. The predicted molar refractivity (Wildman–Crippen MR) is 87.3 cm³/mol. The van der Waals surface area contributed by atoms with Gasteiger partial charge in [-0.05, 0) is 58.2 Å². The van der Waals surface area contributed by atoms with E-state index in [1.165, 1.54) is 30.4 Å². The quantitative estimate of drug-likeness (QED) is 0.630. The molecule has 0 amide bonds.